The van der Waals surface area contributed by atoms with Crippen LogP contribution in [0.5, 0.6) is 0 Å². The SMILES string of the molecule is CCCNC(=O)CN(C)C1CCCCCC1=O. The molecule has 0 saturated heterocycles. The zero-order valence-electron chi connectivity index (χ0n) is 11.0. The summed E-state index contributed by atoms with van der Waals surface area (Å²) >= 11 is 0. The molecule has 1 fully saturated rings. The van der Waals surface area contributed by atoms with Crippen LogP contribution in [0.15, 0.2) is 0 Å². The van der Waals surface area contributed by atoms with E-state index in [0.717, 1.165) is 32.1 Å². The Morgan fingerprint density at radius 2 is 2.18 bits per heavy atom. The quantitative estimate of drug-likeness (QED) is 0.738. The molecule has 0 aliphatic heterocycles. The second-order valence-corrected chi connectivity index (χ2v) is 4.85. The molecule has 0 heterocycles. The van der Waals surface area contributed by atoms with Gasteiger partial charge in [0.25, 0.3) is 0 Å². The normalized spacial score (nSPS) is 21.4. The first-order valence-corrected chi connectivity index (χ1v) is 6.64. The minimum atomic E-state index is -0.0510. The van der Waals surface area contributed by atoms with Gasteiger partial charge in [-0.05, 0) is 26.3 Å². The average Bonchev–Trinajstić information content (AvgIpc) is 2.51. The van der Waals surface area contributed by atoms with E-state index in [4.69, 9.17) is 0 Å². The molecule has 1 N–H and O–H groups in total. The molecule has 1 rings (SSSR count). The van der Waals surface area contributed by atoms with E-state index in [1.165, 1.54) is 0 Å². The number of rotatable bonds is 5. The number of nitrogens with zero attached hydrogens (tertiary/aromatic N) is 1. The van der Waals surface area contributed by atoms with Crippen LogP contribution in [0.4, 0.5) is 0 Å². The maximum atomic E-state index is 11.9. The van der Waals surface area contributed by atoms with Crippen LogP contribution in [0.25, 0.3) is 0 Å². The number of hydrogen-bond acceptors (Lipinski definition) is 3. The molecule has 4 nitrogen and oxygen atoms in total. The van der Waals surface area contributed by atoms with E-state index < -0.39 is 0 Å². The van der Waals surface area contributed by atoms with Gasteiger partial charge in [0.15, 0.2) is 0 Å². The van der Waals surface area contributed by atoms with Gasteiger partial charge in [0.05, 0.1) is 12.6 Å². The fraction of sp³-hybridized carbons (Fsp3) is 0.846. The zero-order chi connectivity index (χ0) is 12.7. The van der Waals surface area contributed by atoms with Crippen LogP contribution >= 0.6 is 0 Å². The van der Waals surface area contributed by atoms with Crippen molar-refractivity contribution in [2.24, 2.45) is 0 Å². The van der Waals surface area contributed by atoms with Crippen molar-refractivity contribution < 1.29 is 9.59 Å². The standard InChI is InChI=1S/C13H24N2O2/c1-3-9-14-13(17)10-15(2)11-7-5-4-6-8-12(11)16/h11H,3-10H2,1-2H3,(H,14,17). The van der Waals surface area contributed by atoms with E-state index in [-0.39, 0.29) is 11.9 Å². The summed E-state index contributed by atoms with van der Waals surface area (Å²) in [6, 6.07) is -0.0510. The topological polar surface area (TPSA) is 49.4 Å². The van der Waals surface area contributed by atoms with Gasteiger partial charge in [-0.25, -0.2) is 0 Å². The van der Waals surface area contributed by atoms with Crippen LogP contribution in [0, 0.1) is 0 Å². The average molecular weight is 240 g/mol. The summed E-state index contributed by atoms with van der Waals surface area (Å²) in [6.07, 6.45) is 5.75. The minimum absolute atomic E-state index is 0.0198. The van der Waals surface area contributed by atoms with Gasteiger partial charge in [0, 0.05) is 13.0 Å². The van der Waals surface area contributed by atoms with Gasteiger partial charge in [0.1, 0.15) is 5.78 Å². The summed E-state index contributed by atoms with van der Waals surface area (Å²) in [5, 5.41) is 2.84. The van der Waals surface area contributed by atoms with Crippen molar-refractivity contribution in [1.29, 1.82) is 0 Å². The number of hydrogen-bond donors (Lipinski definition) is 1. The molecule has 0 spiro atoms. The molecule has 1 aliphatic rings. The van der Waals surface area contributed by atoms with Crippen molar-refractivity contribution in [2.75, 3.05) is 20.1 Å². The van der Waals surface area contributed by atoms with Gasteiger partial charge in [-0.2, -0.15) is 0 Å². The number of carbonyl (C=O) groups is 2. The molecule has 1 amide bonds. The monoisotopic (exact) mass is 240 g/mol. The molecule has 1 aliphatic carbocycles. The molecular formula is C13H24N2O2. The highest BCUT2D eigenvalue weighted by Gasteiger charge is 2.25. The maximum Gasteiger partial charge on any atom is 0.234 e. The van der Waals surface area contributed by atoms with Crippen LogP contribution in [0.1, 0.15) is 45.4 Å². The van der Waals surface area contributed by atoms with Crippen LogP contribution in [0.3, 0.4) is 0 Å². The zero-order valence-corrected chi connectivity index (χ0v) is 11.0. The van der Waals surface area contributed by atoms with Crippen LogP contribution < -0.4 is 5.32 Å². The Labute approximate surface area is 104 Å². The van der Waals surface area contributed by atoms with Crippen molar-refractivity contribution in [2.45, 2.75) is 51.5 Å². The van der Waals surface area contributed by atoms with Gasteiger partial charge in [-0.1, -0.05) is 19.8 Å². The Morgan fingerprint density at radius 1 is 1.41 bits per heavy atom. The number of amides is 1. The van der Waals surface area contributed by atoms with Crippen LogP contribution in [-0.4, -0.2) is 42.8 Å². The third kappa shape index (κ3) is 4.86. The molecule has 0 radical (unpaired) electrons. The molecule has 17 heavy (non-hydrogen) atoms. The molecular weight excluding hydrogens is 216 g/mol. The van der Waals surface area contributed by atoms with Gasteiger partial charge in [-0.15, -0.1) is 0 Å². The molecule has 0 aromatic heterocycles. The molecule has 1 unspecified atom stereocenters. The third-order valence-corrected chi connectivity index (χ3v) is 3.27. The maximum absolute atomic E-state index is 11.9. The number of Topliss-reactive ketones (excluding diaryl/α,β-unsaturated/α-hetero) is 1. The van der Waals surface area contributed by atoms with Crippen molar-refractivity contribution in [3.8, 4) is 0 Å². The summed E-state index contributed by atoms with van der Waals surface area (Å²) < 4.78 is 0. The van der Waals surface area contributed by atoms with Crippen molar-refractivity contribution in [1.82, 2.24) is 10.2 Å². The molecule has 0 bridgehead atoms. The lowest BCUT2D eigenvalue weighted by atomic mass is 10.1. The molecule has 1 atom stereocenters. The Kier molecular flexibility index (Phi) is 6.19. The van der Waals surface area contributed by atoms with Crippen LogP contribution in [-0.2, 0) is 9.59 Å². The first kappa shape index (κ1) is 14.2. The van der Waals surface area contributed by atoms with E-state index >= 15 is 0 Å². The molecule has 98 valence electrons. The fourth-order valence-electron chi connectivity index (χ4n) is 2.26. The third-order valence-electron chi connectivity index (χ3n) is 3.27. The first-order chi connectivity index (χ1) is 8.15. The Morgan fingerprint density at radius 3 is 2.88 bits per heavy atom. The minimum Gasteiger partial charge on any atom is -0.355 e. The smallest absolute Gasteiger partial charge is 0.234 e. The van der Waals surface area contributed by atoms with Crippen molar-refractivity contribution >= 4 is 11.7 Å². The van der Waals surface area contributed by atoms with E-state index in [0.29, 0.717) is 25.3 Å². The summed E-state index contributed by atoms with van der Waals surface area (Å²) in [4.78, 5) is 25.4. The fourth-order valence-corrected chi connectivity index (χ4v) is 2.26. The lowest BCUT2D eigenvalue weighted by molar-refractivity contribution is -0.126. The molecule has 4 heteroatoms. The number of likely N-dealkylation sites (N-methyl/N-ethyl adjacent to an activating group) is 1. The lowest BCUT2D eigenvalue weighted by Gasteiger charge is -2.25. The van der Waals surface area contributed by atoms with Crippen LogP contribution in [0.2, 0.25) is 0 Å². The summed E-state index contributed by atoms with van der Waals surface area (Å²) in [7, 11) is 1.87. The van der Waals surface area contributed by atoms with Crippen molar-refractivity contribution in [3.63, 3.8) is 0 Å². The number of carbonyl (C=O) groups excluding carboxylic acids is 2. The largest absolute Gasteiger partial charge is 0.355 e. The number of ketones is 1. The van der Waals surface area contributed by atoms with Gasteiger partial charge in [-0.3, -0.25) is 14.5 Å². The van der Waals surface area contributed by atoms with Crippen molar-refractivity contribution in [3.05, 3.63) is 0 Å². The number of nitrogens with one attached hydrogen (secondary N) is 1. The Balaban J connectivity index is 2.41. The predicted octanol–water partition coefficient (Wildman–Crippen LogP) is 1.35. The molecule has 0 aromatic rings. The van der Waals surface area contributed by atoms with E-state index in [1.807, 2.05) is 18.9 Å². The second-order valence-electron chi connectivity index (χ2n) is 4.85. The highest BCUT2D eigenvalue weighted by atomic mass is 16.2. The van der Waals surface area contributed by atoms with E-state index in [9.17, 15) is 9.59 Å². The second kappa shape index (κ2) is 7.43. The lowest BCUT2D eigenvalue weighted by Crippen LogP contribution is -2.44. The summed E-state index contributed by atoms with van der Waals surface area (Å²) in [5.41, 5.74) is 0. The van der Waals surface area contributed by atoms with E-state index in [1.54, 1.807) is 0 Å². The highest BCUT2D eigenvalue weighted by Crippen LogP contribution is 2.18. The first-order valence-electron chi connectivity index (χ1n) is 6.64. The summed E-state index contributed by atoms with van der Waals surface area (Å²) in [5.74, 6) is 0.319. The predicted molar refractivity (Wildman–Crippen MR) is 67.8 cm³/mol. The molecule has 0 aromatic carbocycles. The van der Waals surface area contributed by atoms with E-state index in [2.05, 4.69) is 5.32 Å². The Bertz CT molecular complexity index is 266. The molecule has 1 saturated carbocycles. The Hall–Kier alpha value is -0.900. The summed E-state index contributed by atoms with van der Waals surface area (Å²) in [6.45, 7) is 3.07. The van der Waals surface area contributed by atoms with Gasteiger partial charge in [0.2, 0.25) is 5.91 Å². The van der Waals surface area contributed by atoms with Gasteiger partial charge >= 0.3 is 0 Å². The van der Waals surface area contributed by atoms with Gasteiger partial charge < -0.3 is 5.32 Å². The highest BCUT2D eigenvalue weighted by molar-refractivity contribution is 5.85.